The van der Waals surface area contributed by atoms with Gasteiger partial charge in [-0.05, 0) is 43.2 Å². The van der Waals surface area contributed by atoms with E-state index in [9.17, 15) is 4.79 Å². The molecular formula is C21H28N4O. The van der Waals surface area contributed by atoms with E-state index in [2.05, 4.69) is 46.5 Å². The summed E-state index contributed by atoms with van der Waals surface area (Å²) < 4.78 is 2.02. The van der Waals surface area contributed by atoms with E-state index in [1.54, 1.807) is 6.20 Å². The first-order valence-corrected chi connectivity index (χ1v) is 9.85. The zero-order valence-electron chi connectivity index (χ0n) is 15.5. The standard InChI is InChI=1S/C21H28N4O/c1-2-24-12-9-18(10-13-24)25-20(8-11-22-25)23-21(26)15-17-14-19(17)16-6-4-3-5-7-16/h3-8,11,17-19H,2,9-10,12-15H2,1H3,(H,23,26)/t17-,19-/m0/s1. The fourth-order valence-corrected chi connectivity index (χ4v) is 4.20. The van der Waals surface area contributed by atoms with Gasteiger partial charge in [0.2, 0.25) is 5.91 Å². The number of amides is 1. The molecule has 0 radical (unpaired) electrons. The summed E-state index contributed by atoms with van der Waals surface area (Å²) in [7, 11) is 0. The van der Waals surface area contributed by atoms with Crippen molar-refractivity contribution in [3.05, 3.63) is 48.2 Å². The monoisotopic (exact) mass is 352 g/mol. The Balaban J connectivity index is 1.31. The summed E-state index contributed by atoms with van der Waals surface area (Å²) in [5.41, 5.74) is 1.36. The second-order valence-corrected chi connectivity index (χ2v) is 7.59. The van der Waals surface area contributed by atoms with E-state index in [1.165, 1.54) is 5.56 Å². The number of anilines is 1. The predicted molar refractivity (Wildman–Crippen MR) is 103 cm³/mol. The molecule has 1 aromatic carbocycles. The number of rotatable bonds is 6. The van der Waals surface area contributed by atoms with E-state index in [4.69, 9.17) is 0 Å². The van der Waals surface area contributed by atoms with Gasteiger partial charge >= 0.3 is 0 Å². The third-order valence-corrected chi connectivity index (χ3v) is 5.89. The molecular weight excluding hydrogens is 324 g/mol. The molecule has 1 aliphatic heterocycles. The Morgan fingerprint density at radius 3 is 2.69 bits per heavy atom. The van der Waals surface area contributed by atoms with Crippen LogP contribution in [0.4, 0.5) is 5.82 Å². The minimum absolute atomic E-state index is 0.112. The van der Waals surface area contributed by atoms with Gasteiger partial charge in [0.05, 0.1) is 12.2 Å². The number of nitrogens with one attached hydrogen (secondary N) is 1. The van der Waals surface area contributed by atoms with Crippen LogP contribution in [0.3, 0.4) is 0 Å². The second kappa shape index (κ2) is 7.62. The van der Waals surface area contributed by atoms with Crippen LogP contribution in [0.5, 0.6) is 0 Å². The summed E-state index contributed by atoms with van der Waals surface area (Å²) in [6.07, 6.45) is 5.70. The average molecular weight is 352 g/mol. The van der Waals surface area contributed by atoms with E-state index >= 15 is 0 Å². The van der Waals surface area contributed by atoms with Crippen molar-refractivity contribution >= 4 is 11.7 Å². The van der Waals surface area contributed by atoms with Crippen LogP contribution >= 0.6 is 0 Å². The molecule has 138 valence electrons. The van der Waals surface area contributed by atoms with Crippen molar-refractivity contribution in [1.29, 1.82) is 0 Å². The zero-order chi connectivity index (χ0) is 17.9. The van der Waals surface area contributed by atoms with Gasteiger partial charge < -0.3 is 10.2 Å². The zero-order valence-corrected chi connectivity index (χ0v) is 15.5. The summed E-state index contributed by atoms with van der Waals surface area (Å²) in [4.78, 5) is 15.0. The Bertz CT molecular complexity index is 733. The quantitative estimate of drug-likeness (QED) is 0.863. The van der Waals surface area contributed by atoms with Crippen LogP contribution in [0, 0.1) is 5.92 Å². The number of carbonyl (C=O) groups excluding carboxylic acids is 1. The first-order chi connectivity index (χ1) is 12.7. The van der Waals surface area contributed by atoms with Crippen molar-refractivity contribution in [2.45, 2.75) is 44.6 Å². The lowest BCUT2D eigenvalue weighted by Gasteiger charge is -2.31. The van der Waals surface area contributed by atoms with Crippen molar-refractivity contribution in [2.75, 3.05) is 25.0 Å². The number of nitrogens with zero attached hydrogens (tertiary/aromatic N) is 3. The van der Waals surface area contributed by atoms with Crippen molar-refractivity contribution in [1.82, 2.24) is 14.7 Å². The first kappa shape index (κ1) is 17.3. The van der Waals surface area contributed by atoms with E-state index in [-0.39, 0.29) is 5.91 Å². The van der Waals surface area contributed by atoms with E-state index < -0.39 is 0 Å². The van der Waals surface area contributed by atoms with Crippen LogP contribution in [-0.4, -0.2) is 40.2 Å². The molecule has 5 heteroatoms. The summed E-state index contributed by atoms with van der Waals surface area (Å²) in [5.74, 6) is 1.98. The highest BCUT2D eigenvalue weighted by Gasteiger charge is 2.39. The van der Waals surface area contributed by atoms with Gasteiger partial charge in [0.15, 0.2) is 0 Å². The van der Waals surface area contributed by atoms with Gasteiger partial charge in [0.25, 0.3) is 0 Å². The SMILES string of the molecule is CCN1CCC(n2nccc2NC(=O)C[C@@H]2C[C@H]2c2ccccc2)CC1. The molecule has 26 heavy (non-hydrogen) atoms. The van der Waals surface area contributed by atoms with Crippen LogP contribution in [0.1, 0.15) is 50.1 Å². The van der Waals surface area contributed by atoms with Gasteiger partial charge in [-0.2, -0.15) is 5.10 Å². The van der Waals surface area contributed by atoms with Crippen LogP contribution < -0.4 is 5.32 Å². The molecule has 1 aromatic heterocycles. The van der Waals surface area contributed by atoms with Crippen molar-refractivity contribution in [2.24, 2.45) is 5.92 Å². The number of hydrogen-bond donors (Lipinski definition) is 1. The van der Waals surface area contributed by atoms with Crippen LogP contribution in [0.2, 0.25) is 0 Å². The summed E-state index contributed by atoms with van der Waals surface area (Å²) >= 11 is 0. The number of piperidine rings is 1. The molecule has 1 amide bonds. The smallest absolute Gasteiger partial charge is 0.225 e. The van der Waals surface area contributed by atoms with Gasteiger partial charge in [-0.3, -0.25) is 4.79 Å². The molecule has 0 bridgehead atoms. The number of benzene rings is 1. The van der Waals surface area contributed by atoms with Crippen LogP contribution in [-0.2, 0) is 4.79 Å². The molecule has 1 saturated carbocycles. The molecule has 1 saturated heterocycles. The molecule has 5 nitrogen and oxygen atoms in total. The Kier molecular flexibility index (Phi) is 5.07. The Morgan fingerprint density at radius 1 is 1.19 bits per heavy atom. The number of carbonyl (C=O) groups is 1. The molecule has 1 N–H and O–H groups in total. The highest BCUT2D eigenvalue weighted by Crippen LogP contribution is 2.49. The minimum atomic E-state index is 0.112. The van der Waals surface area contributed by atoms with Crippen molar-refractivity contribution in [3.8, 4) is 0 Å². The van der Waals surface area contributed by atoms with Crippen molar-refractivity contribution < 1.29 is 4.79 Å². The minimum Gasteiger partial charge on any atom is -0.311 e. The fraction of sp³-hybridized carbons (Fsp3) is 0.524. The Morgan fingerprint density at radius 2 is 1.96 bits per heavy atom. The lowest BCUT2D eigenvalue weighted by molar-refractivity contribution is -0.116. The predicted octanol–water partition coefficient (Wildman–Crippen LogP) is 3.67. The maximum absolute atomic E-state index is 12.5. The maximum Gasteiger partial charge on any atom is 0.225 e. The molecule has 0 spiro atoms. The lowest BCUT2D eigenvalue weighted by atomic mass is 10.1. The topological polar surface area (TPSA) is 50.2 Å². The molecule has 2 atom stereocenters. The van der Waals surface area contributed by atoms with Crippen LogP contribution in [0.25, 0.3) is 0 Å². The van der Waals surface area contributed by atoms with E-state index in [0.29, 0.717) is 24.3 Å². The van der Waals surface area contributed by atoms with Crippen LogP contribution in [0.15, 0.2) is 42.6 Å². The van der Waals surface area contributed by atoms with Gasteiger partial charge in [-0.1, -0.05) is 37.3 Å². The molecule has 1 aliphatic carbocycles. The highest BCUT2D eigenvalue weighted by molar-refractivity contribution is 5.90. The molecule has 4 rings (SSSR count). The Labute approximate surface area is 155 Å². The highest BCUT2D eigenvalue weighted by atomic mass is 16.1. The molecule has 2 fully saturated rings. The average Bonchev–Trinajstić information content (AvgIpc) is 3.29. The lowest BCUT2D eigenvalue weighted by Crippen LogP contribution is -2.35. The number of hydrogen-bond acceptors (Lipinski definition) is 3. The van der Waals surface area contributed by atoms with Crippen molar-refractivity contribution in [3.63, 3.8) is 0 Å². The number of likely N-dealkylation sites (tertiary alicyclic amines) is 1. The third kappa shape index (κ3) is 3.83. The first-order valence-electron chi connectivity index (χ1n) is 9.85. The summed E-state index contributed by atoms with van der Waals surface area (Å²) in [5, 5.41) is 7.59. The largest absolute Gasteiger partial charge is 0.311 e. The molecule has 2 aliphatic rings. The summed E-state index contributed by atoms with van der Waals surface area (Å²) in [6.45, 7) is 5.53. The van der Waals surface area contributed by atoms with E-state index in [0.717, 1.165) is 44.7 Å². The molecule has 0 unspecified atom stereocenters. The maximum atomic E-state index is 12.5. The van der Waals surface area contributed by atoms with Gasteiger partial charge in [0, 0.05) is 25.6 Å². The summed E-state index contributed by atoms with van der Waals surface area (Å²) in [6, 6.07) is 12.8. The number of aromatic nitrogens is 2. The van der Waals surface area contributed by atoms with E-state index in [1.807, 2.05) is 16.8 Å². The van der Waals surface area contributed by atoms with Gasteiger partial charge in [-0.25, -0.2) is 4.68 Å². The fourth-order valence-electron chi connectivity index (χ4n) is 4.20. The Hall–Kier alpha value is -2.14. The molecule has 2 aromatic rings. The van der Waals surface area contributed by atoms with Gasteiger partial charge in [0.1, 0.15) is 5.82 Å². The molecule has 2 heterocycles. The normalized spacial score (nSPS) is 23.7. The third-order valence-electron chi connectivity index (χ3n) is 5.89. The second-order valence-electron chi connectivity index (χ2n) is 7.59. The van der Waals surface area contributed by atoms with Gasteiger partial charge in [-0.15, -0.1) is 0 Å².